The highest BCUT2D eigenvalue weighted by atomic mass is 79.9. The fraction of sp³-hybridized carbons (Fsp3) is 0.625. The number of hydrogen-bond donors (Lipinski definition) is 1. The molecule has 1 aliphatic carbocycles. The predicted octanol–water partition coefficient (Wildman–Crippen LogP) is 4.50. The van der Waals surface area contributed by atoms with Gasteiger partial charge in [0.1, 0.15) is 0 Å². The van der Waals surface area contributed by atoms with E-state index in [1.54, 1.807) is 0 Å². The first kappa shape index (κ1) is 14.1. The summed E-state index contributed by atoms with van der Waals surface area (Å²) in [6.45, 7) is 10.2. The molecule has 1 aromatic carbocycles. The van der Waals surface area contributed by atoms with Crippen LogP contribution in [0.15, 0.2) is 28.7 Å². The van der Waals surface area contributed by atoms with Crippen molar-refractivity contribution in [1.29, 1.82) is 0 Å². The molecule has 0 saturated heterocycles. The molecule has 18 heavy (non-hydrogen) atoms. The molecule has 0 amide bonds. The first-order valence-corrected chi connectivity index (χ1v) is 7.61. The Kier molecular flexibility index (Phi) is 3.89. The summed E-state index contributed by atoms with van der Waals surface area (Å²) < 4.78 is 1.19. The third-order valence-electron chi connectivity index (χ3n) is 3.87. The lowest BCUT2D eigenvalue weighted by Gasteiger charge is -2.48. The van der Waals surface area contributed by atoms with Crippen LogP contribution in [0.25, 0.3) is 0 Å². The molecular weight excluding hydrogens is 286 g/mol. The zero-order chi connectivity index (χ0) is 13.4. The number of benzene rings is 1. The minimum Gasteiger partial charge on any atom is -0.311 e. The fourth-order valence-electron chi connectivity index (χ4n) is 3.01. The second kappa shape index (κ2) is 4.97. The van der Waals surface area contributed by atoms with Crippen LogP contribution in [0.5, 0.6) is 0 Å². The quantitative estimate of drug-likeness (QED) is 0.866. The summed E-state index contributed by atoms with van der Waals surface area (Å²) in [6, 6.07) is 8.83. The number of nitrogens with one attached hydrogen (secondary N) is 1. The van der Waals surface area contributed by atoms with E-state index in [9.17, 15) is 0 Å². The van der Waals surface area contributed by atoms with Crippen molar-refractivity contribution in [3.05, 3.63) is 34.3 Å². The van der Waals surface area contributed by atoms with Gasteiger partial charge >= 0.3 is 0 Å². The third kappa shape index (κ3) is 3.16. The lowest BCUT2D eigenvalue weighted by atomic mass is 9.59. The Morgan fingerprint density at radius 2 is 2.00 bits per heavy atom. The first-order chi connectivity index (χ1) is 8.31. The Labute approximate surface area is 119 Å². The van der Waals surface area contributed by atoms with E-state index < -0.39 is 0 Å². The van der Waals surface area contributed by atoms with E-state index in [0.29, 0.717) is 5.41 Å². The lowest BCUT2D eigenvalue weighted by molar-refractivity contribution is 0.142. The van der Waals surface area contributed by atoms with Crippen molar-refractivity contribution >= 4 is 15.9 Å². The number of rotatable bonds is 3. The Morgan fingerprint density at radius 1 is 1.33 bits per heavy atom. The van der Waals surface area contributed by atoms with Gasteiger partial charge in [0.2, 0.25) is 0 Å². The van der Waals surface area contributed by atoms with Gasteiger partial charge in [0, 0.05) is 22.0 Å². The van der Waals surface area contributed by atoms with E-state index in [-0.39, 0.29) is 5.54 Å². The molecule has 0 radical (unpaired) electrons. The van der Waals surface area contributed by atoms with Crippen molar-refractivity contribution in [1.82, 2.24) is 5.32 Å². The van der Waals surface area contributed by atoms with Crippen LogP contribution in [0, 0.1) is 5.92 Å². The zero-order valence-electron chi connectivity index (χ0n) is 11.9. The molecule has 0 spiro atoms. The van der Waals surface area contributed by atoms with Crippen LogP contribution in [-0.2, 0) is 5.41 Å². The molecule has 1 aromatic rings. The maximum atomic E-state index is 3.69. The largest absolute Gasteiger partial charge is 0.311 e. The van der Waals surface area contributed by atoms with Gasteiger partial charge in [-0.05, 0) is 57.2 Å². The minimum atomic E-state index is 0.192. The Hall–Kier alpha value is -0.340. The van der Waals surface area contributed by atoms with Crippen LogP contribution in [0.2, 0.25) is 0 Å². The van der Waals surface area contributed by atoms with E-state index in [2.05, 4.69) is 73.2 Å². The molecule has 0 aromatic heterocycles. The van der Waals surface area contributed by atoms with Crippen molar-refractivity contribution in [3.63, 3.8) is 0 Å². The third-order valence-corrected chi connectivity index (χ3v) is 4.37. The molecule has 100 valence electrons. The Morgan fingerprint density at radius 3 is 2.50 bits per heavy atom. The van der Waals surface area contributed by atoms with Gasteiger partial charge < -0.3 is 5.32 Å². The van der Waals surface area contributed by atoms with Crippen molar-refractivity contribution in [2.75, 3.05) is 6.54 Å². The average Bonchev–Trinajstić information content (AvgIpc) is 2.21. The molecule has 2 rings (SSSR count). The van der Waals surface area contributed by atoms with Crippen molar-refractivity contribution in [2.45, 2.75) is 51.5 Å². The topological polar surface area (TPSA) is 12.0 Å². The maximum Gasteiger partial charge on any atom is 0.0178 e. The van der Waals surface area contributed by atoms with Crippen molar-refractivity contribution in [2.24, 2.45) is 5.92 Å². The standard InChI is InChI=1S/C16H24BrN/c1-12-9-16(10-12,11-18-15(2,3)4)13-6-5-7-14(17)8-13/h5-8,12,18H,9-11H2,1-4H3. The van der Waals surface area contributed by atoms with E-state index in [0.717, 1.165) is 12.5 Å². The van der Waals surface area contributed by atoms with Gasteiger partial charge in [-0.15, -0.1) is 0 Å². The summed E-state index contributed by atoms with van der Waals surface area (Å²) in [7, 11) is 0. The van der Waals surface area contributed by atoms with Gasteiger partial charge in [-0.2, -0.15) is 0 Å². The smallest absolute Gasteiger partial charge is 0.0178 e. The summed E-state index contributed by atoms with van der Waals surface area (Å²) >= 11 is 3.59. The summed E-state index contributed by atoms with van der Waals surface area (Å²) in [5, 5.41) is 3.69. The number of halogens is 1. The molecule has 0 atom stereocenters. The first-order valence-electron chi connectivity index (χ1n) is 6.82. The molecule has 1 fully saturated rings. The van der Waals surface area contributed by atoms with Crippen LogP contribution in [0.1, 0.15) is 46.1 Å². The van der Waals surface area contributed by atoms with Crippen LogP contribution in [0.4, 0.5) is 0 Å². The van der Waals surface area contributed by atoms with Gasteiger partial charge in [-0.3, -0.25) is 0 Å². The summed E-state index contributed by atoms with van der Waals surface area (Å²) in [6.07, 6.45) is 2.60. The molecule has 1 aliphatic rings. The molecule has 0 aliphatic heterocycles. The average molecular weight is 310 g/mol. The van der Waals surface area contributed by atoms with Crippen molar-refractivity contribution < 1.29 is 0 Å². The van der Waals surface area contributed by atoms with Gasteiger partial charge in [-0.1, -0.05) is 35.0 Å². The molecule has 2 heteroatoms. The highest BCUT2D eigenvalue weighted by molar-refractivity contribution is 9.10. The van der Waals surface area contributed by atoms with E-state index >= 15 is 0 Å². The maximum absolute atomic E-state index is 3.69. The number of hydrogen-bond acceptors (Lipinski definition) is 1. The molecule has 1 nitrogen and oxygen atoms in total. The SMILES string of the molecule is CC1CC(CNC(C)(C)C)(c2cccc(Br)c2)C1. The van der Waals surface area contributed by atoms with E-state index in [1.165, 1.54) is 22.9 Å². The van der Waals surface area contributed by atoms with Crippen molar-refractivity contribution in [3.8, 4) is 0 Å². The molecule has 1 saturated carbocycles. The summed E-state index contributed by atoms with van der Waals surface area (Å²) in [4.78, 5) is 0. The summed E-state index contributed by atoms with van der Waals surface area (Å²) in [5.41, 5.74) is 2.01. The van der Waals surface area contributed by atoms with E-state index in [4.69, 9.17) is 0 Å². The van der Waals surface area contributed by atoms with Crippen LogP contribution >= 0.6 is 15.9 Å². The van der Waals surface area contributed by atoms with Crippen LogP contribution < -0.4 is 5.32 Å². The molecule has 0 heterocycles. The molecule has 0 unspecified atom stereocenters. The monoisotopic (exact) mass is 309 g/mol. The molecule has 0 bridgehead atoms. The fourth-order valence-corrected chi connectivity index (χ4v) is 3.41. The van der Waals surface area contributed by atoms with Gasteiger partial charge in [0.05, 0.1) is 0 Å². The second-order valence-corrected chi connectivity index (χ2v) is 7.82. The Balaban J connectivity index is 2.17. The zero-order valence-corrected chi connectivity index (χ0v) is 13.5. The minimum absolute atomic E-state index is 0.192. The Bertz CT molecular complexity index is 413. The highest BCUT2D eigenvalue weighted by Crippen LogP contribution is 2.47. The normalized spacial score (nSPS) is 27.9. The van der Waals surface area contributed by atoms with Gasteiger partial charge in [-0.25, -0.2) is 0 Å². The van der Waals surface area contributed by atoms with E-state index in [1.807, 2.05) is 0 Å². The summed E-state index contributed by atoms with van der Waals surface area (Å²) in [5.74, 6) is 0.853. The van der Waals surface area contributed by atoms with Crippen LogP contribution in [0.3, 0.4) is 0 Å². The van der Waals surface area contributed by atoms with Gasteiger partial charge in [0.15, 0.2) is 0 Å². The highest BCUT2D eigenvalue weighted by Gasteiger charge is 2.43. The van der Waals surface area contributed by atoms with Gasteiger partial charge in [0.25, 0.3) is 0 Å². The van der Waals surface area contributed by atoms with Crippen LogP contribution in [-0.4, -0.2) is 12.1 Å². The molecule has 1 N–H and O–H groups in total. The second-order valence-electron chi connectivity index (χ2n) is 6.91. The lowest BCUT2D eigenvalue weighted by Crippen LogP contribution is -2.52. The predicted molar refractivity (Wildman–Crippen MR) is 82.0 cm³/mol. The molecular formula is C16H24BrN.